The fourth-order valence-corrected chi connectivity index (χ4v) is 3.98. The molecule has 1 saturated carbocycles. The Morgan fingerprint density at radius 2 is 1.78 bits per heavy atom. The number of anilines is 1. The van der Waals surface area contributed by atoms with Gasteiger partial charge in [0.2, 0.25) is 11.8 Å². The maximum Gasteiger partial charge on any atom is 0.307 e. The number of aromatic nitrogens is 1. The van der Waals surface area contributed by atoms with Gasteiger partial charge in [-0.15, -0.1) is 0 Å². The number of carboxylic acid groups (broad SMARTS) is 1. The predicted octanol–water partition coefficient (Wildman–Crippen LogP) is 3.64. The van der Waals surface area contributed by atoms with E-state index in [2.05, 4.69) is 10.3 Å². The number of benzene rings is 1. The smallest absolute Gasteiger partial charge is 0.307 e. The second kappa shape index (κ2) is 6.87. The lowest BCUT2D eigenvalue weighted by Gasteiger charge is -2.23. The van der Waals surface area contributed by atoms with Crippen LogP contribution < -0.4 is 10.1 Å². The zero-order valence-corrected chi connectivity index (χ0v) is 14.8. The molecule has 27 heavy (non-hydrogen) atoms. The average molecular weight is 364 g/mol. The summed E-state index contributed by atoms with van der Waals surface area (Å²) in [5.41, 5.74) is 1.66. The number of carbonyl (C=O) groups is 2. The molecule has 6 nitrogen and oxygen atoms in total. The number of aliphatic carboxylic acids is 1. The minimum atomic E-state index is -0.902. The first kappa shape index (κ1) is 17.3. The van der Waals surface area contributed by atoms with Crippen LogP contribution in [0.3, 0.4) is 0 Å². The summed E-state index contributed by atoms with van der Waals surface area (Å²) in [5, 5.41) is 12.3. The minimum absolute atomic E-state index is 0.00585. The number of nitrogens with one attached hydrogen (secondary N) is 1. The third kappa shape index (κ3) is 3.43. The van der Waals surface area contributed by atoms with Crippen molar-refractivity contribution in [1.29, 1.82) is 0 Å². The zero-order chi connectivity index (χ0) is 19.0. The van der Waals surface area contributed by atoms with E-state index in [1.165, 1.54) is 0 Å². The molecule has 0 spiro atoms. The van der Waals surface area contributed by atoms with Crippen molar-refractivity contribution in [3.05, 3.63) is 60.3 Å². The monoisotopic (exact) mass is 364 g/mol. The Morgan fingerprint density at radius 3 is 2.41 bits per heavy atom. The number of carboxylic acids is 1. The summed E-state index contributed by atoms with van der Waals surface area (Å²) in [4.78, 5) is 28.4. The summed E-state index contributed by atoms with van der Waals surface area (Å²) < 4.78 is 5.67. The molecule has 0 aliphatic heterocycles. The van der Waals surface area contributed by atoms with E-state index in [9.17, 15) is 14.7 Å². The fraction of sp³-hybridized carbons (Fsp3) is 0.286. The number of aryl methyl sites for hydroxylation is 1. The van der Waals surface area contributed by atoms with Crippen LogP contribution in [0.5, 0.6) is 11.6 Å². The average Bonchev–Trinajstić information content (AvgIpc) is 3.26. The number of nitrogens with zero attached hydrogens (tertiary/aromatic N) is 1. The van der Waals surface area contributed by atoms with Crippen LogP contribution >= 0.6 is 0 Å². The van der Waals surface area contributed by atoms with Crippen LogP contribution in [0.2, 0.25) is 0 Å². The molecule has 1 heterocycles. The van der Waals surface area contributed by atoms with Crippen molar-refractivity contribution in [2.45, 2.75) is 13.3 Å². The van der Waals surface area contributed by atoms with Crippen molar-refractivity contribution in [2.75, 3.05) is 5.32 Å². The van der Waals surface area contributed by atoms with Gasteiger partial charge >= 0.3 is 5.97 Å². The van der Waals surface area contributed by atoms with Crippen LogP contribution in [0.15, 0.2) is 54.7 Å². The molecule has 2 aliphatic rings. The quantitative estimate of drug-likeness (QED) is 0.791. The van der Waals surface area contributed by atoms with Gasteiger partial charge in [0.25, 0.3) is 0 Å². The molecule has 2 aliphatic carbocycles. The summed E-state index contributed by atoms with van der Waals surface area (Å²) >= 11 is 0. The van der Waals surface area contributed by atoms with E-state index in [0.29, 0.717) is 17.3 Å². The summed E-state index contributed by atoms with van der Waals surface area (Å²) in [6.45, 7) is 1.95. The highest BCUT2D eigenvalue weighted by Crippen LogP contribution is 2.48. The number of ether oxygens (including phenoxy) is 1. The molecule has 6 heteroatoms. The first-order valence-electron chi connectivity index (χ1n) is 8.94. The van der Waals surface area contributed by atoms with Crippen molar-refractivity contribution in [3.63, 3.8) is 0 Å². The van der Waals surface area contributed by atoms with Crippen LogP contribution in [0.25, 0.3) is 0 Å². The summed E-state index contributed by atoms with van der Waals surface area (Å²) in [6.07, 6.45) is 6.37. The van der Waals surface area contributed by atoms with Crippen LogP contribution in [0.1, 0.15) is 12.0 Å². The van der Waals surface area contributed by atoms with Gasteiger partial charge in [0, 0.05) is 18.0 Å². The molecule has 1 aromatic heterocycles. The SMILES string of the molecule is Cc1ccc(Oc2ccc(NC(=O)C3C4C=CC(C4)C3C(=O)O)cc2)nc1. The molecule has 1 fully saturated rings. The largest absolute Gasteiger partial charge is 0.481 e. The zero-order valence-electron chi connectivity index (χ0n) is 14.8. The van der Waals surface area contributed by atoms with Crippen molar-refractivity contribution < 1.29 is 19.4 Å². The van der Waals surface area contributed by atoms with Gasteiger partial charge in [-0.1, -0.05) is 18.2 Å². The van der Waals surface area contributed by atoms with E-state index in [1.54, 1.807) is 36.5 Å². The highest BCUT2D eigenvalue weighted by atomic mass is 16.5. The van der Waals surface area contributed by atoms with Crippen LogP contribution in [0.4, 0.5) is 5.69 Å². The van der Waals surface area contributed by atoms with Crippen LogP contribution in [-0.4, -0.2) is 22.0 Å². The van der Waals surface area contributed by atoms with Crippen molar-refractivity contribution in [3.8, 4) is 11.6 Å². The molecule has 2 bridgehead atoms. The number of fused-ring (bicyclic) bond motifs is 2. The molecule has 2 aromatic rings. The van der Waals surface area contributed by atoms with Crippen molar-refractivity contribution in [1.82, 2.24) is 4.98 Å². The lowest BCUT2D eigenvalue weighted by Crippen LogP contribution is -2.36. The highest BCUT2D eigenvalue weighted by molar-refractivity contribution is 5.96. The highest BCUT2D eigenvalue weighted by Gasteiger charge is 2.51. The van der Waals surface area contributed by atoms with Gasteiger partial charge in [-0.3, -0.25) is 9.59 Å². The van der Waals surface area contributed by atoms with Gasteiger partial charge in [-0.25, -0.2) is 4.98 Å². The Labute approximate surface area is 156 Å². The number of amides is 1. The Kier molecular flexibility index (Phi) is 4.39. The third-order valence-corrected chi connectivity index (χ3v) is 5.28. The van der Waals surface area contributed by atoms with Crippen LogP contribution in [0, 0.1) is 30.6 Å². The van der Waals surface area contributed by atoms with Crippen molar-refractivity contribution in [2.24, 2.45) is 23.7 Å². The molecule has 1 aromatic carbocycles. The van der Waals surface area contributed by atoms with E-state index in [1.807, 2.05) is 25.1 Å². The summed E-state index contributed by atoms with van der Waals surface area (Å²) in [7, 11) is 0. The van der Waals surface area contributed by atoms with E-state index in [0.717, 1.165) is 12.0 Å². The number of carbonyl (C=O) groups excluding carboxylic acids is 1. The second-order valence-electron chi connectivity index (χ2n) is 7.13. The molecular formula is C21H20N2O4. The molecule has 4 unspecified atom stereocenters. The fourth-order valence-electron chi connectivity index (χ4n) is 3.98. The Balaban J connectivity index is 1.42. The lowest BCUT2D eigenvalue weighted by molar-refractivity contribution is -0.146. The van der Waals surface area contributed by atoms with Gasteiger partial charge in [-0.2, -0.15) is 0 Å². The van der Waals surface area contributed by atoms with Gasteiger partial charge in [0.15, 0.2) is 0 Å². The summed E-state index contributed by atoms with van der Waals surface area (Å²) in [6, 6.07) is 10.7. The minimum Gasteiger partial charge on any atom is -0.481 e. The van der Waals surface area contributed by atoms with Gasteiger partial charge < -0.3 is 15.2 Å². The van der Waals surface area contributed by atoms with E-state index in [4.69, 9.17) is 4.74 Å². The number of pyridine rings is 1. The van der Waals surface area contributed by atoms with E-state index < -0.39 is 17.8 Å². The van der Waals surface area contributed by atoms with Gasteiger partial charge in [-0.05, 0) is 55.0 Å². The maximum absolute atomic E-state index is 12.7. The second-order valence-corrected chi connectivity index (χ2v) is 7.13. The molecule has 4 rings (SSSR count). The predicted molar refractivity (Wildman–Crippen MR) is 99.5 cm³/mol. The Morgan fingerprint density at radius 1 is 1.07 bits per heavy atom. The number of rotatable bonds is 5. The maximum atomic E-state index is 12.7. The Hall–Kier alpha value is -3.15. The number of allylic oxidation sites excluding steroid dienone is 2. The third-order valence-electron chi connectivity index (χ3n) is 5.28. The molecule has 0 radical (unpaired) electrons. The molecule has 4 atom stereocenters. The van der Waals surface area contributed by atoms with Gasteiger partial charge in [0.1, 0.15) is 5.75 Å². The number of hydrogen-bond acceptors (Lipinski definition) is 4. The normalized spacial score (nSPS) is 25.4. The molecule has 0 saturated heterocycles. The first-order valence-corrected chi connectivity index (χ1v) is 8.94. The Bertz CT molecular complexity index is 889. The van der Waals surface area contributed by atoms with Gasteiger partial charge in [0.05, 0.1) is 11.8 Å². The topological polar surface area (TPSA) is 88.5 Å². The molecule has 2 N–H and O–H groups in total. The summed E-state index contributed by atoms with van der Waals surface area (Å²) in [5.74, 6) is -1.24. The standard InChI is InChI=1S/C21H20N2O4/c1-12-2-9-17(22-11-12)27-16-7-5-15(6-8-16)23-20(24)18-13-3-4-14(10-13)19(18)21(25)26/h2-9,11,13-14,18-19H,10H2,1H3,(H,23,24)(H,25,26). The van der Waals surface area contributed by atoms with Crippen molar-refractivity contribution >= 4 is 17.6 Å². The van der Waals surface area contributed by atoms with E-state index in [-0.39, 0.29) is 17.7 Å². The lowest BCUT2D eigenvalue weighted by atomic mass is 9.82. The molecule has 138 valence electrons. The first-order chi connectivity index (χ1) is 13.0. The molecule has 1 amide bonds. The van der Waals surface area contributed by atoms with Crippen LogP contribution in [-0.2, 0) is 9.59 Å². The number of hydrogen-bond donors (Lipinski definition) is 2. The van der Waals surface area contributed by atoms with E-state index >= 15 is 0 Å². The molecular weight excluding hydrogens is 344 g/mol.